The number of aliphatic carboxylic acids is 1. The van der Waals surface area contributed by atoms with Gasteiger partial charge in [-0.2, -0.15) is 0 Å². The Morgan fingerprint density at radius 1 is 1.37 bits per heavy atom. The first kappa shape index (κ1) is 14.3. The Kier molecular flexibility index (Phi) is 4.13. The van der Waals surface area contributed by atoms with E-state index in [2.05, 4.69) is 0 Å². The van der Waals surface area contributed by atoms with Crippen molar-refractivity contribution in [1.29, 1.82) is 0 Å². The molecule has 0 aromatic carbocycles. The van der Waals surface area contributed by atoms with E-state index >= 15 is 0 Å². The number of carboxylic acids is 1. The second-order valence-corrected chi connectivity index (χ2v) is 6.17. The number of rotatable bonds is 3. The number of amides is 1. The van der Waals surface area contributed by atoms with Crippen molar-refractivity contribution in [1.82, 2.24) is 4.90 Å². The molecule has 1 heterocycles. The molecule has 2 fully saturated rings. The predicted molar refractivity (Wildman–Crippen MR) is 71.5 cm³/mol. The summed E-state index contributed by atoms with van der Waals surface area (Å²) in [5, 5.41) is 9.35. The first-order valence-corrected chi connectivity index (χ1v) is 7.24. The predicted octanol–water partition coefficient (Wildman–Crippen LogP) is 1.22. The van der Waals surface area contributed by atoms with Crippen molar-refractivity contribution in [3.05, 3.63) is 0 Å². The second-order valence-electron chi connectivity index (χ2n) is 6.17. The number of likely N-dealkylation sites (tertiary alicyclic amines) is 1. The summed E-state index contributed by atoms with van der Waals surface area (Å²) in [6, 6.07) is -0.666. The van der Waals surface area contributed by atoms with Crippen LogP contribution in [0.25, 0.3) is 0 Å². The molecular formula is C14H24N2O3. The van der Waals surface area contributed by atoms with Crippen LogP contribution in [0.1, 0.15) is 45.4 Å². The van der Waals surface area contributed by atoms with Gasteiger partial charge in [0, 0.05) is 13.1 Å². The van der Waals surface area contributed by atoms with Gasteiger partial charge in [0.05, 0.1) is 5.41 Å². The van der Waals surface area contributed by atoms with Crippen LogP contribution >= 0.6 is 0 Å². The lowest BCUT2D eigenvalue weighted by atomic mass is 9.82. The van der Waals surface area contributed by atoms with Crippen LogP contribution in [0.5, 0.6) is 0 Å². The topological polar surface area (TPSA) is 83.6 Å². The number of piperidine rings is 1. The Labute approximate surface area is 114 Å². The highest BCUT2D eigenvalue weighted by atomic mass is 16.4. The lowest BCUT2D eigenvalue weighted by Gasteiger charge is -2.41. The molecule has 0 aromatic rings. The number of hydrogen-bond donors (Lipinski definition) is 2. The molecule has 3 N–H and O–H groups in total. The van der Waals surface area contributed by atoms with Crippen LogP contribution in [-0.2, 0) is 9.59 Å². The molecule has 5 nitrogen and oxygen atoms in total. The van der Waals surface area contributed by atoms with Gasteiger partial charge in [-0.25, -0.2) is 4.79 Å². The summed E-state index contributed by atoms with van der Waals surface area (Å²) in [6.07, 6.45) is 5.09. The van der Waals surface area contributed by atoms with Crippen molar-refractivity contribution < 1.29 is 14.7 Å². The summed E-state index contributed by atoms with van der Waals surface area (Å²) in [7, 11) is 0. The maximum atomic E-state index is 12.8. The van der Waals surface area contributed by atoms with Gasteiger partial charge in [-0.3, -0.25) is 4.79 Å². The van der Waals surface area contributed by atoms with Gasteiger partial charge in [0.15, 0.2) is 0 Å². The maximum absolute atomic E-state index is 12.8. The van der Waals surface area contributed by atoms with E-state index < -0.39 is 17.4 Å². The van der Waals surface area contributed by atoms with Crippen LogP contribution in [0.2, 0.25) is 0 Å². The molecule has 1 saturated carbocycles. The van der Waals surface area contributed by atoms with Crippen LogP contribution in [0.15, 0.2) is 0 Å². The van der Waals surface area contributed by atoms with E-state index in [1.807, 2.05) is 6.92 Å². The van der Waals surface area contributed by atoms with Crippen LogP contribution < -0.4 is 5.73 Å². The Morgan fingerprint density at radius 3 is 2.53 bits per heavy atom. The lowest BCUT2D eigenvalue weighted by Crippen LogP contribution is -2.55. The zero-order valence-corrected chi connectivity index (χ0v) is 11.6. The summed E-state index contributed by atoms with van der Waals surface area (Å²) in [5.41, 5.74) is 5.34. The Morgan fingerprint density at radius 2 is 2.00 bits per heavy atom. The van der Waals surface area contributed by atoms with Gasteiger partial charge >= 0.3 is 5.97 Å². The fourth-order valence-corrected chi connectivity index (χ4v) is 3.48. The number of nitrogens with zero attached hydrogens (tertiary/aromatic N) is 1. The smallest absolute Gasteiger partial charge is 0.326 e. The van der Waals surface area contributed by atoms with Gasteiger partial charge in [0.2, 0.25) is 5.91 Å². The third kappa shape index (κ3) is 2.61. The highest BCUT2D eigenvalue weighted by Gasteiger charge is 2.46. The third-order valence-electron chi connectivity index (χ3n) is 4.82. The van der Waals surface area contributed by atoms with Gasteiger partial charge in [-0.1, -0.05) is 19.8 Å². The molecule has 5 heteroatoms. The summed E-state index contributed by atoms with van der Waals surface area (Å²) < 4.78 is 0. The molecule has 0 radical (unpaired) electrons. The molecule has 108 valence electrons. The van der Waals surface area contributed by atoms with Crippen LogP contribution in [0, 0.1) is 11.3 Å². The van der Waals surface area contributed by atoms with E-state index in [1.165, 1.54) is 0 Å². The average molecular weight is 268 g/mol. The highest BCUT2D eigenvalue weighted by Crippen LogP contribution is 2.40. The minimum Gasteiger partial charge on any atom is -0.480 e. The molecule has 1 aliphatic heterocycles. The number of carbonyl (C=O) groups excluding carboxylic acids is 1. The van der Waals surface area contributed by atoms with Crippen LogP contribution in [0.3, 0.4) is 0 Å². The maximum Gasteiger partial charge on any atom is 0.326 e. The molecule has 2 aliphatic rings. The van der Waals surface area contributed by atoms with Gasteiger partial charge < -0.3 is 15.7 Å². The molecule has 19 heavy (non-hydrogen) atoms. The second kappa shape index (κ2) is 5.49. The van der Waals surface area contributed by atoms with E-state index in [4.69, 9.17) is 5.73 Å². The zero-order chi connectivity index (χ0) is 14.0. The Balaban J connectivity index is 2.18. The quantitative estimate of drug-likeness (QED) is 0.806. The van der Waals surface area contributed by atoms with Crippen LogP contribution in [-0.4, -0.2) is 41.0 Å². The van der Waals surface area contributed by atoms with Gasteiger partial charge in [-0.05, 0) is 31.6 Å². The molecular weight excluding hydrogens is 244 g/mol. The minimum atomic E-state index is -0.884. The molecule has 2 rings (SSSR count). The number of hydrogen-bond acceptors (Lipinski definition) is 3. The summed E-state index contributed by atoms with van der Waals surface area (Å²) >= 11 is 0. The van der Waals surface area contributed by atoms with E-state index in [9.17, 15) is 14.7 Å². The molecule has 2 unspecified atom stereocenters. The molecule has 2 atom stereocenters. The standard InChI is InChI=1S/C14H24N2O3/c1-10-4-7-16(11(8-10)12(17)18)13(19)14(9-15)5-2-3-6-14/h10-11H,2-9,15H2,1H3,(H,17,18). The molecule has 1 saturated heterocycles. The SMILES string of the molecule is CC1CCN(C(=O)C2(CN)CCCC2)C(C(=O)O)C1. The fraction of sp³-hybridized carbons (Fsp3) is 0.857. The van der Waals surface area contributed by atoms with Crippen molar-refractivity contribution in [3.8, 4) is 0 Å². The highest BCUT2D eigenvalue weighted by molar-refractivity contribution is 5.88. The summed E-state index contributed by atoms with van der Waals surface area (Å²) in [6.45, 7) is 2.94. The average Bonchev–Trinajstić information content (AvgIpc) is 2.87. The zero-order valence-electron chi connectivity index (χ0n) is 11.6. The van der Waals surface area contributed by atoms with E-state index in [0.29, 0.717) is 25.4 Å². The largest absolute Gasteiger partial charge is 0.480 e. The fourth-order valence-electron chi connectivity index (χ4n) is 3.48. The Bertz CT molecular complexity index is 364. The van der Waals surface area contributed by atoms with Crippen molar-refractivity contribution in [2.45, 2.75) is 51.5 Å². The normalized spacial score (nSPS) is 30.3. The first-order chi connectivity index (χ1) is 9.00. The molecule has 1 aliphatic carbocycles. The molecule has 0 spiro atoms. The first-order valence-electron chi connectivity index (χ1n) is 7.24. The molecule has 0 bridgehead atoms. The third-order valence-corrected chi connectivity index (χ3v) is 4.82. The van der Waals surface area contributed by atoms with Crippen molar-refractivity contribution in [2.75, 3.05) is 13.1 Å². The van der Waals surface area contributed by atoms with Crippen LogP contribution in [0.4, 0.5) is 0 Å². The van der Waals surface area contributed by atoms with Gasteiger partial charge in [-0.15, -0.1) is 0 Å². The molecule has 1 amide bonds. The monoisotopic (exact) mass is 268 g/mol. The van der Waals surface area contributed by atoms with E-state index in [-0.39, 0.29) is 5.91 Å². The number of carboxylic acid groups (broad SMARTS) is 1. The summed E-state index contributed by atoms with van der Waals surface area (Å²) in [4.78, 5) is 25.7. The Hall–Kier alpha value is -1.10. The van der Waals surface area contributed by atoms with Crippen molar-refractivity contribution >= 4 is 11.9 Å². The van der Waals surface area contributed by atoms with E-state index in [0.717, 1.165) is 32.1 Å². The van der Waals surface area contributed by atoms with E-state index in [1.54, 1.807) is 4.90 Å². The number of carbonyl (C=O) groups is 2. The molecule has 0 aromatic heterocycles. The summed E-state index contributed by atoms with van der Waals surface area (Å²) in [5.74, 6) is -0.542. The van der Waals surface area contributed by atoms with Gasteiger partial charge in [0.1, 0.15) is 6.04 Å². The minimum absolute atomic E-state index is 0.0215. The lowest BCUT2D eigenvalue weighted by molar-refractivity contribution is -0.158. The van der Waals surface area contributed by atoms with Gasteiger partial charge in [0.25, 0.3) is 0 Å². The number of nitrogens with two attached hydrogens (primary N) is 1. The van der Waals surface area contributed by atoms with Crippen molar-refractivity contribution in [2.24, 2.45) is 17.1 Å². The van der Waals surface area contributed by atoms with Crippen molar-refractivity contribution in [3.63, 3.8) is 0 Å².